The number of aliphatic hydroxyl groups is 1. The van der Waals surface area contributed by atoms with E-state index >= 15 is 0 Å². The van der Waals surface area contributed by atoms with Crippen molar-refractivity contribution in [2.75, 3.05) is 6.61 Å². The van der Waals surface area contributed by atoms with Crippen LogP contribution >= 0.6 is 0 Å². The van der Waals surface area contributed by atoms with Crippen molar-refractivity contribution < 1.29 is 5.11 Å². The van der Waals surface area contributed by atoms with Crippen LogP contribution in [0.25, 0.3) is 0 Å². The van der Waals surface area contributed by atoms with Crippen LogP contribution in [0.4, 0.5) is 0 Å². The minimum atomic E-state index is -0.119. The molecule has 0 radical (unpaired) electrons. The van der Waals surface area contributed by atoms with Crippen LogP contribution in [0.1, 0.15) is 12.1 Å². The third kappa shape index (κ3) is 2.98. The highest BCUT2D eigenvalue weighted by Crippen LogP contribution is 1.99. The third-order valence-corrected chi connectivity index (χ3v) is 1.73. The van der Waals surface area contributed by atoms with Crippen LogP contribution in [0.2, 0.25) is 0 Å². The normalized spacial score (nSPS) is 12.8. The van der Waals surface area contributed by atoms with Crippen molar-refractivity contribution in [3.8, 4) is 0 Å². The van der Waals surface area contributed by atoms with Crippen molar-refractivity contribution >= 4 is 0 Å². The predicted octanol–water partition coefficient (Wildman–Crippen LogP) is 0.334. The third-order valence-electron chi connectivity index (χ3n) is 1.73. The van der Waals surface area contributed by atoms with Gasteiger partial charge in [0.25, 0.3) is 0 Å². The van der Waals surface area contributed by atoms with E-state index in [1.54, 1.807) is 6.20 Å². The molecule has 3 nitrogen and oxygen atoms in total. The second kappa shape index (κ2) is 4.85. The summed E-state index contributed by atoms with van der Waals surface area (Å²) >= 11 is 0. The molecular weight excluding hydrogens is 152 g/mol. The smallest absolute Gasteiger partial charge is 0.0582 e. The number of aryl methyl sites for hydroxylation is 1. The molecule has 0 aromatic carbocycles. The number of aliphatic hydroxyl groups excluding tert-OH is 1. The topological polar surface area (TPSA) is 59.1 Å². The van der Waals surface area contributed by atoms with Crippen molar-refractivity contribution in [2.24, 2.45) is 5.73 Å². The van der Waals surface area contributed by atoms with E-state index in [-0.39, 0.29) is 12.6 Å². The van der Waals surface area contributed by atoms with E-state index in [1.165, 1.54) is 0 Å². The van der Waals surface area contributed by atoms with Gasteiger partial charge in [0.2, 0.25) is 0 Å². The standard InChI is InChI=1S/C9H14N2O/c10-8(7-12)4-5-9-3-1-2-6-11-9/h1-3,6,8,12H,4-5,7,10H2. The largest absolute Gasteiger partial charge is 0.395 e. The van der Waals surface area contributed by atoms with Crippen LogP contribution in [-0.2, 0) is 6.42 Å². The van der Waals surface area contributed by atoms with Gasteiger partial charge in [-0.1, -0.05) is 6.07 Å². The first kappa shape index (κ1) is 9.16. The zero-order valence-corrected chi connectivity index (χ0v) is 6.98. The fourth-order valence-corrected chi connectivity index (χ4v) is 0.971. The maximum Gasteiger partial charge on any atom is 0.0582 e. The van der Waals surface area contributed by atoms with Gasteiger partial charge in [-0.25, -0.2) is 0 Å². The molecule has 66 valence electrons. The zero-order valence-electron chi connectivity index (χ0n) is 6.98. The van der Waals surface area contributed by atoms with E-state index < -0.39 is 0 Å². The maximum atomic E-state index is 8.67. The minimum Gasteiger partial charge on any atom is -0.395 e. The number of rotatable bonds is 4. The van der Waals surface area contributed by atoms with E-state index in [0.29, 0.717) is 0 Å². The van der Waals surface area contributed by atoms with Crippen LogP contribution in [0.15, 0.2) is 24.4 Å². The molecule has 0 aliphatic heterocycles. The van der Waals surface area contributed by atoms with E-state index in [9.17, 15) is 0 Å². The van der Waals surface area contributed by atoms with Gasteiger partial charge in [-0.3, -0.25) is 4.98 Å². The summed E-state index contributed by atoms with van der Waals surface area (Å²) in [5.74, 6) is 0. The Balaban J connectivity index is 2.33. The summed E-state index contributed by atoms with van der Waals surface area (Å²) < 4.78 is 0. The Labute approximate surface area is 72.2 Å². The quantitative estimate of drug-likeness (QED) is 0.677. The summed E-state index contributed by atoms with van der Waals surface area (Å²) in [6.45, 7) is 0.0484. The molecule has 0 spiro atoms. The molecule has 0 amide bonds. The molecule has 0 bridgehead atoms. The van der Waals surface area contributed by atoms with Crippen molar-refractivity contribution in [1.82, 2.24) is 4.98 Å². The monoisotopic (exact) mass is 166 g/mol. The molecule has 12 heavy (non-hydrogen) atoms. The highest BCUT2D eigenvalue weighted by atomic mass is 16.3. The van der Waals surface area contributed by atoms with E-state index in [0.717, 1.165) is 18.5 Å². The fraction of sp³-hybridized carbons (Fsp3) is 0.444. The average Bonchev–Trinajstić information content (AvgIpc) is 2.16. The number of hydrogen-bond acceptors (Lipinski definition) is 3. The molecule has 1 heterocycles. The summed E-state index contributed by atoms with van der Waals surface area (Å²) in [6.07, 6.45) is 3.38. The van der Waals surface area contributed by atoms with Crippen molar-refractivity contribution in [3.05, 3.63) is 30.1 Å². The second-order valence-corrected chi connectivity index (χ2v) is 2.80. The summed E-state index contributed by atoms with van der Waals surface area (Å²) in [5, 5.41) is 8.67. The fourth-order valence-electron chi connectivity index (χ4n) is 0.971. The lowest BCUT2D eigenvalue weighted by Gasteiger charge is -2.06. The average molecular weight is 166 g/mol. The van der Waals surface area contributed by atoms with Crippen LogP contribution in [0.3, 0.4) is 0 Å². The molecule has 3 N–H and O–H groups in total. The number of nitrogens with zero attached hydrogens (tertiary/aromatic N) is 1. The molecule has 0 fully saturated rings. The summed E-state index contributed by atoms with van der Waals surface area (Å²) in [5.41, 5.74) is 6.57. The Bertz CT molecular complexity index is 213. The van der Waals surface area contributed by atoms with Crippen LogP contribution in [0.5, 0.6) is 0 Å². The zero-order chi connectivity index (χ0) is 8.81. The SMILES string of the molecule is NC(CO)CCc1ccccn1. The van der Waals surface area contributed by atoms with Crippen molar-refractivity contribution in [3.63, 3.8) is 0 Å². The summed E-state index contributed by atoms with van der Waals surface area (Å²) in [4.78, 5) is 4.15. The molecular formula is C9H14N2O. The lowest BCUT2D eigenvalue weighted by Crippen LogP contribution is -2.24. The molecule has 1 unspecified atom stereocenters. The van der Waals surface area contributed by atoms with Gasteiger partial charge in [-0.15, -0.1) is 0 Å². The van der Waals surface area contributed by atoms with Gasteiger partial charge < -0.3 is 10.8 Å². The number of hydrogen-bond donors (Lipinski definition) is 2. The molecule has 1 atom stereocenters. The molecule has 1 aromatic rings. The molecule has 0 saturated heterocycles. The van der Waals surface area contributed by atoms with Gasteiger partial charge in [-0.05, 0) is 25.0 Å². The Hall–Kier alpha value is -0.930. The lowest BCUT2D eigenvalue weighted by atomic mass is 10.1. The summed E-state index contributed by atoms with van der Waals surface area (Å²) in [6, 6.07) is 5.68. The van der Waals surface area contributed by atoms with Crippen molar-refractivity contribution in [1.29, 1.82) is 0 Å². The van der Waals surface area contributed by atoms with Crippen molar-refractivity contribution in [2.45, 2.75) is 18.9 Å². The van der Waals surface area contributed by atoms with Gasteiger partial charge in [0.05, 0.1) is 6.61 Å². The van der Waals surface area contributed by atoms with Gasteiger partial charge in [0, 0.05) is 17.9 Å². The van der Waals surface area contributed by atoms with Crippen LogP contribution in [0, 0.1) is 0 Å². The number of pyridine rings is 1. The Morgan fingerprint density at radius 3 is 2.92 bits per heavy atom. The Kier molecular flexibility index (Phi) is 3.70. The number of aromatic nitrogens is 1. The van der Waals surface area contributed by atoms with E-state index in [1.807, 2.05) is 18.2 Å². The van der Waals surface area contributed by atoms with Crippen LogP contribution < -0.4 is 5.73 Å². The predicted molar refractivity (Wildman–Crippen MR) is 47.6 cm³/mol. The first-order valence-corrected chi connectivity index (χ1v) is 4.09. The molecule has 1 aromatic heterocycles. The van der Waals surface area contributed by atoms with Gasteiger partial charge in [0.15, 0.2) is 0 Å². The molecule has 1 rings (SSSR count). The van der Waals surface area contributed by atoms with E-state index in [4.69, 9.17) is 10.8 Å². The molecule has 0 saturated carbocycles. The summed E-state index contributed by atoms with van der Waals surface area (Å²) in [7, 11) is 0. The first-order valence-electron chi connectivity index (χ1n) is 4.09. The molecule has 3 heteroatoms. The van der Waals surface area contributed by atoms with Crippen LogP contribution in [-0.4, -0.2) is 22.7 Å². The van der Waals surface area contributed by atoms with Gasteiger partial charge in [-0.2, -0.15) is 0 Å². The molecule has 0 aliphatic rings. The second-order valence-electron chi connectivity index (χ2n) is 2.80. The lowest BCUT2D eigenvalue weighted by molar-refractivity contribution is 0.260. The minimum absolute atomic E-state index is 0.0484. The number of nitrogens with two attached hydrogens (primary N) is 1. The molecule has 0 aliphatic carbocycles. The Morgan fingerprint density at radius 1 is 1.50 bits per heavy atom. The van der Waals surface area contributed by atoms with Gasteiger partial charge in [0.1, 0.15) is 0 Å². The van der Waals surface area contributed by atoms with Gasteiger partial charge >= 0.3 is 0 Å². The Morgan fingerprint density at radius 2 is 2.33 bits per heavy atom. The highest BCUT2D eigenvalue weighted by molar-refractivity contribution is 5.03. The maximum absolute atomic E-state index is 8.67. The first-order chi connectivity index (χ1) is 5.83. The highest BCUT2D eigenvalue weighted by Gasteiger charge is 2.00. The van der Waals surface area contributed by atoms with E-state index in [2.05, 4.69) is 4.98 Å².